The highest BCUT2D eigenvalue weighted by molar-refractivity contribution is 9.10. The Kier molecular flexibility index (Phi) is 3.99. The van der Waals surface area contributed by atoms with Crippen molar-refractivity contribution in [3.05, 3.63) is 45.9 Å². The lowest BCUT2D eigenvalue weighted by molar-refractivity contribution is 0.409. The van der Waals surface area contributed by atoms with Crippen molar-refractivity contribution >= 4 is 33.2 Å². The minimum absolute atomic E-state index is 0.527. The average molecular weight is 329 g/mol. The largest absolute Gasteiger partial charge is 0.497 e. The van der Waals surface area contributed by atoms with Crippen LogP contribution < -0.4 is 15.2 Å². The van der Waals surface area contributed by atoms with Crippen LogP contribution in [0.1, 0.15) is 0 Å². The first-order chi connectivity index (χ1) is 8.58. The summed E-state index contributed by atoms with van der Waals surface area (Å²) in [4.78, 5) is 0. The molecule has 0 unspecified atom stereocenters. The van der Waals surface area contributed by atoms with Gasteiger partial charge in [0.1, 0.15) is 17.2 Å². The second-order valence-electron chi connectivity index (χ2n) is 3.62. The van der Waals surface area contributed by atoms with Gasteiger partial charge in [0, 0.05) is 28.4 Å². The summed E-state index contributed by atoms with van der Waals surface area (Å²) in [6.45, 7) is 0. The number of hydrogen-bond acceptors (Lipinski definition) is 3. The molecule has 3 nitrogen and oxygen atoms in total. The first-order valence-corrected chi connectivity index (χ1v) is 6.33. The van der Waals surface area contributed by atoms with Gasteiger partial charge in [-0.15, -0.1) is 0 Å². The Hall–Kier alpha value is -1.39. The highest BCUT2D eigenvalue weighted by atomic mass is 79.9. The Morgan fingerprint density at radius 1 is 1.11 bits per heavy atom. The zero-order chi connectivity index (χ0) is 13.1. The van der Waals surface area contributed by atoms with Crippen molar-refractivity contribution in [2.45, 2.75) is 0 Å². The number of halogens is 2. The number of rotatable bonds is 3. The molecule has 0 aliphatic carbocycles. The molecule has 0 heterocycles. The first kappa shape index (κ1) is 13.1. The highest BCUT2D eigenvalue weighted by Crippen LogP contribution is 2.34. The number of ether oxygens (including phenoxy) is 2. The topological polar surface area (TPSA) is 44.5 Å². The minimum atomic E-state index is 0.527. The van der Waals surface area contributed by atoms with Crippen molar-refractivity contribution in [1.29, 1.82) is 0 Å². The van der Waals surface area contributed by atoms with Crippen LogP contribution in [-0.2, 0) is 0 Å². The van der Waals surface area contributed by atoms with E-state index in [0.29, 0.717) is 28.0 Å². The molecule has 0 amide bonds. The molecule has 0 bridgehead atoms. The van der Waals surface area contributed by atoms with Gasteiger partial charge < -0.3 is 15.2 Å². The van der Waals surface area contributed by atoms with Crippen molar-refractivity contribution in [2.75, 3.05) is 12.8 Å². The van der Waals surface area contributed by atoms with Gasteiger partial charge in [-0.1, -0.05) is 27.5 Å². The highest BCUT2D eigenvalue weighted by Gasteiger charge is 2.06. The van der Waals surface area contributed by atoms with Crippen LogP contribution in [0.2, 0.25) is 5.02 Å². The summed E-state index contributed by atoms with van der Waals surface area (Å²) < 4.78 is 11.7. The van der Waals surface area contributed by atoms with Crippen molar-refractivity contribution in [3.8, 4) is 17.2 Å². The van der Waals surface area contributed by atoms with E-state index in [2.05, 4.69) is 15.9 Å². The number of hydrogen-bond donors (Lipinski definition) is 1. The van der Waals surface area contributed by atoms with Gasteiger partial charge in [-0.05, 0) is 18.2 Å². The molecule has 0 aliphatic heterocycles. The quantitative estimate of drug-likeness (QED) is 0.845. The first-order valence-electron chi connectivity index (χ1n) is 5.16. The van der Waals surface area contributed by atoms with Crippen molar-refractivity contribution in [2.24, 2.45) is 0 Å². The summed E-state index contributed by atoms with van der Waals surface area (Å²) in [7, 11) is 1.57. The van der Waals surface area contributed by atoms with E-state index < -0.39 is 0 Å². The molecule has 18 heavy (non-hydrogen) atoms. The van der Waals surface area contributed by atoms with Gasteiger partial charge in [-0.25, -0.2) is 0 Å². The fourth-order valence-electron chi connectivity index (χ4n) is 1.45. The normalized spacial score (nSPS) is 10.2. The minimum Gasteiger partial charge on any atom is -0.497 e. The maximum absolute atomic E-state index is 6.05. The Bertz CT molecular complexity index is 575. The molecule has 2 aromatic rings. The van der Waals surface area contributed by atoms with Crippen LogP contribution in [0.25, 0.3) is 0 Å². The van der Waals surface area contributed by atoms with E-state index in [1.165, 1.54) is 0 Å². The molecule has 0 atom stereocenters. The van der Waals surface area contributed by atoms with Crippen LogP contribution in [-0.4, -0.2) is 7.11 Å². The van der Waals surface area contributed by atoms with Gasteiger partial charge in [0.05, 0.1) is 12.1 Å². The third kappa shape index (κ3) is 3.09. The predicted molar refractivity (Wildman–Crippen MR) is 76.6 cm³/mol. The van der Waals surface area contributed by atoms with Gasteiger partial charge >= 0.3 is 0 Å². The molecule has 0 fully saturated rings. The SMILES string of the molecule is COc1cc(N)cc(Oc2cc(Br)ccc2Cl)c1. The lowest BCUT2D eigenvalue weighted by Gasteiger charge is -2.10. The van der Waals surface area contributed by atoms with E-state index >= 15 is 0 Å². The van der Waals surface area contributed by atoms with E-state index in [1.807, 2.05) is 6.07 Å². The Morgan fingerprint density at radius 2 is 1.83 bits per heavy atom. The summed E-state index contributed by atoms with van der Waals surface area (Å²) in [5.74, 6) is 1.77. The molecular weight excluding hydrogens is 318 g/mol. The number of nitrogen functional groups attached to an aromatic ring is 1. The fraction of sp³-hybridized carbons (Fsp3) is 0.0769. The molecule has 2 rings (SSSR count). The summed E-state index contributed by atoms with van der Waals surface area (Å²) in [5, 5.41) is 0.527. The Labute approximate surface area is 119 Å². The van der Waals surface area contributed by atoms with E-state index in [0.717, 1.165) is 4.47 Å². The number of anilines is 1. The van der Waals surface area contributed by atoms with Crippen molar-refractivity contribution in [1.82, 2.24) is 0 Å². The summed E-state index contributed by atoms with van der Waals surface area (Å²) in [5.41, 5.74) is 6.32. The predicted octanol–water partition coefficient (Wildman–Crippen LogP) is 4.49. The maximum Gasteiger partial charge on any atom is 0.147 e. The molecule has 0 aliphatic rings. The molecule has 0 saturated heterocycles. The molecule has 2 N–H and O–H groups in total. The molecular formula is C13H11BrClNO2. The van der Waals surface area contributed by atoms with Gasteiger partial charge in [-0.3, -0.25) is 0 Å². The van der Waals surface area contributed by atoms with Crippen LogP contribution >= 0.6 is 27.5 Å². The van der Waals surface area contributed by atoms with Gasteiger partial charge in [0.2, 0.25) is 0 Å². The summed E-state index contributed by atoms with van der Waals surface area (Å²) in [6.07, 6.45) is 0. The third-order valence-electron chi connectivity index (χ3n) is 2.26. The molecule has 0 saturated carbocycles. The van der Waals surface area contributed by atoms with E-state index in [4.69, 9.17) is 26.8 Å². The number of methoxy groups -OCH3 is 1. The van der Waals surface area contributed by atoms with Gasteiger partial charge in [-0.2, -0.15) is 0 Å². The molecule has 0 radical (unpaired) electrons. The van der Waals surface area contributed by atoms with E-state index in [-0.39, 0.29) is 0 Å². The zero-order valence-electron chi connectivity index (χ0n) is 9.61. The third-order valence-corrected chi connectivity index (χ3v) is 3.06. The van der Waals surface area contributed by atoms with E-state index in [1.54, 1.807) is 37.4 Å². The van der Waals surface area contributed by atoms with Crippen LogP contribution in [0, 0.1) is 0 Å². The van der Waals surface area contributed by atoms with Crippen molar-refractivity contribution in [3.63, 3.8) is 0 Å². The molecule has 5 heteroatoms. The van der Waals surface area contributed by atoms with Gasteiger partial charge in [0.25, 0.3) is 0 Å². The molecule has 94 valence electrons. The lowest BCUT2D eigenvalue weighted by atomic mass is 10.3. The zero-order valence-corrected chi connectivity index (χ0v) is 12.0. The Balaban J connectivity index is 2.33. The fourth-order valence-corrected chi connectivity index (χ4v) is 1.95. The molecule has 2 aromatic carbocycles. The summed E-state index contributed by atoms with van der Waals surface area (Å²) >= 11 is 9.42. The van der Waals surface area contributed by atoms with Crippen LogP contribution in [0.3, 0.4) is 0 Å². The number of benzene rings is 2. The van der Waals surface area contributed by atoms with E-state index in [9.17, 15) is 0 Å². The average Bonchev–Trinajstić information content (AvgIpc) is 2.33. The van der Waals surface area contributed by atoms with Gasteiger partial charge in [0.15, 0.2) is 0 Å². The van der Waals surface area contributed by atoms with Crippen LogP contribution in [0.5, 0.6) is 17.2 Å². The summed E-state index contributed by atoms with van der Waals surface area (Å²) in [6, 6.07) is 10.6. The lowest BCUT2D eigenvalue weighted by Crippen LogP contribution is -1.91. The van der Waals surface area contributed by atoms with Crippen LogP contribution in [0.4, 0.5) is 5.69 Å². The second-order valence-corrected chi connectivity index (χ2v) is 4.94. The molecule has 0 aromatic heterocycles. The standard InChI is InChI=1S/C13H11BrClNO2/c1-17-10-5-9(16)6-11(7-10)18-13-4-8(14)2-3-12(13)15/h2-7H,16H2,1H3. The Morgan fingerprint density at radius 3 is 2.56 bits per heavy atom. The smallest absolute Gasteiger partial charge is 0.147 e. The second kappa shape index (κ2) is 5.50. The monoisotopic (exact) mass is 327 g/mol. The van der Waals surface area contributed by atoms with Crippen LogP contribution in [0.15, 0.2) is 40.9 Å². The maximum atomic E-state index is 6.05. The number of nitrogens with two attached hydrogens (primary N) is 1. The molecule has 0 spiro atoms. The van der Waals surface area contributed by atoms with Crippen molar-refractivity contribution < 1.29 is 9.47 Å².